The predicted molar refractivity (Wildman–Crippen MR) is 73.6 cm³/mol. The molecule has 0 atom stereocenters. The molecule has 1 aliphatic rings. The van der Waals surface area contributed by atoms with Crippen LogP contribution >= 0.6 is 0 Å². The first-order valence-electron chi connectivity index (χ1n) is 6.65. The first kappa shape index (κ1) is 15.5. The van der Waals surface area contributed by atoms with E-state index >= 15 is 0 Å². The Morgan fingerprint density at radius 2 is 2.14 bits per heavy atom. The molecule has 0 aromatic heterocycles. The van der Waals surface area contributed by atoms with Gasteiger partial charge in [-0.3, -0.25) is 4.79 Å². The molecule has 0 aliphatic heterocycles. The van der Waals surface area contributed by atoms with Crippen LogP contribution in [0.25, 0.3) is 0 Å². The molecule has 21 heavy (non-hydrogen) atoms. The van der Waals surface area contributed by atoms with Crippen molar-refractivity contribution in [3.05, 3.63) is 18.2 Å². The van der Waals surface area contributed by atoms with Crippen molar-refractivity contribution in [3.8, 4) is 11.5 Å². The minimum Gasteiger partial charge on any atom is -0.493 e. The van der Waals surface area contributed by atoms with Crippen LogP contribution in [0.4, 0.5) is 14.5 Å². The standard InChI is InChI=1S/C14H18F2N2O3/c1-20-10-4-3-9(7-11(10)21-13(15)16)18-12(19)14(8-17)5-2-6-14/h3-4,7,13H,2,5-6,8,17H2,1H3,(H,18,19). The Hall–Kier alpha value is -1.89. The van der Waals surface area contributed by atoms with Gasteiger partial charge in [0.25, 0.3) is 0 Å². The van der Waals surface area contributed by atoms with Gasteiger partial charge in [-0.15, -0.1) is 0 Å². The monoisotopic (exact) mass is 300 g/mol. The van der Waals surface area contributed by atoms with Crippen LogP contribution in [0.3, 0.4) is 0 Å². The third-order valence-electron chi connectivity index (χ3n) is 3.82. The van der Waals surface area contributed by atoms with Crippen molar-refractivity contribution in [1.82, 2.24) is 0 Å². The molecule has 3 N–H and O–H groups in total. The fraction of sp³-hybridized carbons (Fsp3) is 0.500. The average molecular weight is 300 g/mol. The second-order valence-electron chi connectivity index (χ2n) is 5.04. The van der Waals surface area contributed by atoms with Crippen LogP contribution in [0, 0.1) is 5.41 Å². The van der Waals surface area contributed by atoms with Crippen LogP contribution in [-0.4, -0.2) is 26.2 Å². The SMILES string of the molecule is COc1ccc(NC(=O)C2(CN)CCC2)cc1OC(F)F. The smallest absolute Gasteiger partial charge is 0.387 e. The first-order chi connectivity index (χ1) is 10.0. The predicted octanol–water partition coefficient (Wildman–Crippen LogP) is 2.36. The van der Waals surface area contributed by atoms with Gasteiger partial charge in [-0.2, -0.15) is 8.78 Å². The number of halogens is 2. The van der Waals surface area contributed by atoms with Crippen LogP contribution in [0.15, 0.2) is 18.2 Å². The van der Waals surface area contributed by atoms with Crippen LogP contribution in [0.2, 0.25) is 0 Å². The second-order valence-corrected chi connectivity index (χ2v) is 5.04. The van der Waals surface area contributed by atoms with Gasteiger partial charge in [0.15, 0.2) is 11.5 Å². The van der Waals surface area contributed by atoms with Gasteiger partial charge in [-0.1, -0.05) is 6.42 Å². The van der Waals surface area contributed by atoms with Crippen molar-refractivity contribution >= 4 is 11.6 Å². The van der Waals surface area contributed by atoms with Gasteiger partial charge in [0.05, 0.1) is 12.5 Å². The summed E-state index contributed by atoms with van der Waals surface area (Å²) in [5, 5.41) is 2.70. The van der Waals surface area contributed by atoms with Crippen molar-refractivity contribution in [3.63, 3.8) is 0 Å². The van der Waals surface area contributed by atoms with Gasteiger partial charge in [0, 0.05) is 18.3 Å². The highest BCUT2D eigenvalue weighted by Gasteiger charge is 2.42. The number of hydrogen-bond acceptors (Lipinski definition) is 4. The number of benzene rings is 1. The van der Waals surface area contributed by atoms with E-state index in [0.717, 1.165) is 19.3 Å². The number of alkyl halides is 2. The summed E-state index contributed by atoms with van der Waals surface area (Å²) >= 11 is 0. The molecular weight excluding hydrogens is 282 g/mol. The molecule has 0 heterocycles. The van der Waals surface area contributed by atoms with E-state index in [-0.39, 0.29) is 24.0 Å². The largest absolute Gasteiger partial charge is 0.493 e. The lowest BCUT2D eigenvalue weighted by atomic mass is 9.68. The molecule has 1 aromatic rings. The normalized spacial score (nSPS) is 16.2. The molecule has 1 amide bonds. The maximum atomic E-state index is 12.4. The summed E-state index contributed by atoms with van der Waals surface area (Å²) in [5.74, 6) is -0.143. The Morgan fingerprint density at radius 3 is 2.62 bits per heavy atom. The zero-order chi connectivity index (χ0) is 15.5. The zero-order valence-electron chi connectivity index (χ0n) is 11.7. The molecular formula is C14H18F2N2O3. The molecule has 2 rings (SSSR count). The van der Waals surface area contributed by atoms with Crippen molar-refractivity contribution < 1.29 is 23.0 Å². The highest BCUT2D eigenvalue weighted by Crippen LogP contribution is 2.41. The quantitative estimate of drug-likeness (QED) is 0.846. The number of hydrogen-bond donors (Lipinski definition) is 2. The maximum absolute atomic E-state index is 12.4. The van der Waals surface area contributed by atoms with Crippen molar-refractivity contribution in [2.45, 2.75) is 25.9 Å². The summed E-state index contributed by atoms with van der Waals surface area (Å²) in [4.78, 5) is 12.2. The zero-order valence-corrected chi connectivity index (χ0v) is 11.7. The lowest BCUT2D eigenvalue weighted by Crippen LogP contribution is -2.47. The lowest BCUT2D eigenvalue weighted by molar-refractivity contribution is -0.129. The van der Waals surface area contributed by atoms with Crippen molar-refractivity contribution in [2.24, 2.45) is 11.1 Å². The van der Waals surface area contributed by atoms with Gasteiger partial charge >= 0.3 is 6.61 Å². The van der Waals surface area contributed by atoms with Gasteiger partial charge in [-0.05, 0) is 25.0 Å². The van der Waals surface area contributed by atoms with E-state index in [0.29, 0.717) is 5.69 Å². The summed E-state index contributed by atoms with van der Waals surface area (Å²) in [6, 6.07) is 4.34. The average Bonchev–Trinajstić information content (AvgIpc) is 2.37. The van der Waals surface area contributed by atoms with Crippen LogP contribution in [-0.2, 0) is 4.79 Å². The molecule has 5 nitrogen and oxygen atoms in total. The summed E-state index contributed by atoms with van der Waals surface area (Å²) in [6.45, 7) is -2.69. The maximum Gasteiger partial charge on any atom is 0.387 e. The number of amides is 1. The van der Waals surface area contributed by atoms with E-state index in [1.807, 2.05) is 0 Å². The second kappa shape index (κ2) is 6.26. The Labute approximate surface area is 121 Å². The van der Waals surface area contributed by atoms with E-state index in [1.54, 1.807) is 6.07 Å². The number of methoxy groups -OCH3 is 1. The van der Waals surface area contributed by atoms with E-state index < -0.39 is 12.0 Å². The summed E-state index contributed by atoms with van der Waals surface area (Å²) < 4.78 is 34.0. The molecule has 7 heteroatoms. The van der Waals surface area contributed by atoms with Gasteiger partial charge in [0.1, 0.15) is 0 Å². The fourth-order valence-corrected chi connectivity index (χ4v) is 2.33. The molecule has 0 radical (unpaired) electrons. The van der Waals surface area contributed by atoms with E-state index in [9.17, 15) is 13.6 Å². The van der Waals surface area contributed by atoms with E-state index in [2.05, 4.69) is 10.1 Å². The highest BCUT2D eigenvalue weighted by atomic mass is 19.3. The number of nitrogens with one attached hydrogen (secondary N) is 1. The van der Waals surface area contributed by atoms with Crippen LogP contribution in [0.1, 0.15) is 19.3 Å². The van der Waals surface area contributed by atoms with Crippen molar-refractivity contribution in [1.29, 1.82) is 0 Å². The Balaban J connectivity index is 2.15. The molecule has 1 aromatic carbocycles. The number of carbonyl (C=O) groups is 1. The highest BCUT2D eigenvalue weighted by molar-refractivity contribution is 5.96. The summed E-state index contributed by atoms with van der Waals surface area (Å²) in [5.41, 5.74) is 5.49. The molecule has 0 bridgehead atoms. The third-order valence-corrected chi connectivity index (χ3v) is 3.82. The van der Waals surface area contributed by atoms with Gasteiger partial charge in [0.2, 0.25) is 5.91 Å². The van der Waals surface area contributed by atoms with Crippen molar-refractivity contribution in [2.75, 3.05) is 19.0 Å². The molecule has 0 unspecified atom stereocenters. The number of nitrogens with two attached hydrogens (primary N) is 1. The fourth-order valence-electron chi connectivity index (χ4n) is 2.33. The number of ether oxygens (including phenoxy) is 2. The van der Waals surface area contributed by atoms with E-state index in [4.69, 9.17) is 10.5 Å². The Morgan fingerprint density at radius 1 is 1.43 bits per heavy atom. The summed E-state index contributed by atoms with van der Waals surface area (Å²) in [6.07, 6.45) is 2.45. The molecule has 0 saturated heterocycles. The Bertz CT molecular complexity index is 513. The molecule has 1 aliphatic carbocycles. The number of carbonyl (C=O) groups excluding carboxylic acids is 1. The minimum atomic E-state index is -2.97. The molecule has 1 saturated carbocycles. The van der Waals surface area contributed by atoms with Gasteiger partial charge in [-0.25, -0.2) is 0 Å². The Kier molecular flexibility index (Phi) is 4.62. The minimum absolute atomic E-state index is 0.124. The first-order valence-corrected chi connectivity index (χ1v) is 6.65. The van der Waals surface area contributed by atoms with Crippen LogP contribution < -0.4 is 20.5 Å². The third kappa shape index (κ3) is 3.24. The van der Waals surface area contributed by atoms with Crippen LogP contribution in [0.5, 0.6) is 11.5 Å². The van der Waals surface area contributed by atoms with Gasteiger partial charge < -0.3 is 20.5 Å². The van der Waals surface area contributed by atoms with E-state index in [1.165, 1.54) is 19.2 Å². The molecule has 0 spiro atoms. The summed E-state index contributed by atoms with van der Waals surface area (Å²) in [7, 11) is 1.35. The molecule has 116 valence electrons. The topological polar surface area (TPSA) is 73.6 Å². The number of anilines is 1. The lowest BCUT2D eigenvalue weighted by Gasteiger charge is -2.39. The molecule has 1 fully saturated rings. The number of rotatable bonds is 6.